The molecule has 4 rings (SSSR count). The predicted octanol–water partition coefficient (Wildman–Crippen LogP) is 2.76. The van der Waals surface area contributed by atoms with E-state index in [4.69, 9.17) is 4.74 Å². The molecular formula is C24H26N6O4S. The number of anilines is 1. The van der Waals surface area contributed by atoms with Crippen LogP contribution in [-0.2, 0) is 16.0 Å². The van der Waals surface area contributed by atoms with E-state index in [2.05, 4.69) is 26.1 Å². The van der Waals surface area contributed by atoms with Crippen molar-refractivity contribution in [1.29, 1.82) is 0 Å². The van der Waals surface area contributed by atoms with Gasteiger partial charge in [0.05, 0.1) is 24.2 Å². The van der Waals surface area contributed by atoms with Crippen molar-refractivity contribution in [2.24, 2.45) is 0 Å². The maximum Gasteiger partial charge on any atom is 0.321 e. The second-order valence-electron chi connectivity index (χ2n) is 8.19. The van der Waals surface area contributed by atoms with E-state index in [-0.39, 0.29) is 24.0 Å². The van der Waals surface area contributed by atoms with E-state index in [9.17, 15) is 14.4 Å². The Morgan fingerprint density at radius 3 is 2.77 bits per heavy atom. The largest absolute Gasteiger partial charge is 0.495 e. The fraction of sp³-hybridized carbons (Fsp3) is 0.292. The molecule has 182 valence electrons. The van der Waals surface area contributed by atoms with Crippen LogP contribution in [0.4, 0.5) is 10.5 Å². The average molecular weight is 495 g/mol. The molecular weight excluding hydrogens is 468 g/mol. The summed E-state index contributed by atoms with van der Waals surface area (Å²) in [5, 5.41) is 17.1. The summed E-state index contributed by atoms with van der Waals surface area (Å²) >= 11 is 1.25. The fourth-order valence-electron chi connectivity index (χ4n) is 3.81. The molecule has 0 saturated carbocycles. The zero-order valence-corrected chi connectivity index (χ0v) is 20.4. The molecule has 1 aliphatic heterocycles. The summed E-state index contributed by atoms with van der Waals surface area (Å²) in [5.41, 5.74) is 3.52. The number of benzene rings is 2. The quantitative estimate of drug-likeness (QED) is 0.411. The second-order valence-corrected chi connectivity index (χ2v) is 9.13. The molecule has 1 aromatic heterocycles. The summed E-state index contributed by atoms with van der Waals surface area (Å²) in [4.78, 5) is 36.3. The van der Waals surface area contributed by atoms with Crippen LogP contribution in [0.25, 0.3) is 5.69 Å². The minimum absolute atomic E-state index is 0.101. The first-order valence-electron chi connectivity index (χ1n) is 11.0. The number of carbonyl (C=O) groups is 3. The monoisotopic (exact) mass is 494 g/mol. The lowest BCUT2D eigenvalue weighted by Gasteiger charge is -2.23. The molecule has 3 aromatic rings. The summed E-state index contributed by atoms with van der Waals surface area (Å²) in [5.74, 6) is 0.715. The molecule has 10 nitrogen and oxygen atoms in total. The predicted molar refractivity (Wildman–Crippen MR) is 132 cm³/mol. The third-order valence-corrected chi connectivity index (χ3v) is 6.40. The molecule has 0 aliphatic carbocycles. The van der Waals surface area contributed by atoms with E-state index >= 15 is 0 Å². The van der Waals surface area contributed by atoms with Gasteiger partial charge in [0.1, 0.15) is 11.6 Å². The van der Waals surface area contributed by atoms with Crippen LogP contribution in [-0.4, -0.2) is 51.5 Å². The highest BCUT2D eigenvalue weighted by atomic mass is 32.2. The number of thioether (sulfide) groups is 1. The third kappa shape index (κ3) is 5.80. The third-order valence-electron chi connectivity index (χ3n) is 5.47. The van der Waals surface area contributed by atoms with Gasteiger partial charge < -0.3 is 15.4 Å². The Labute approximate surface area is 206 Å². The van der Waals surface area contributed by atoms with E-state index in [1.807, 2.05) is 48.7 Å². The maximum absolute atomic E-state index is 12.7. The first-order valence-corrected chi connectivity index (χ1v) is 12.0. The molecule has 2 heterocycles. The van der Waals surface area contributed by atoms with Crippen LogP contribution in [0.3, 0.4) is 0 Å². The summed E-state index contributed by atoms with van der Waals surface area (Å²) < 4.78 is 7.19. The van der Waals surface area contributed by atoms with Gasteiger partial charge >= 0.3 is 6.03 Å². The van der Waals surface area contributed by atoms with Crippen molar-refractivity contribution in [3.63, 3.8) is 0 Å². The molecule has 1 atom stereocenters. The van der Waals surface area contributed by atoms with Gasteiger partial charge in [-0.25, -0.2) is 4.79 Å². The van der Waals surface area contributed by atoms with Gasteiger partial charge in [-0.2, -0.15) is 0 Å². The summed E-state index contributed by atoms with van der Waals surface area (Å²) in [6, 6.07) is 12.3. The highest BCUT2D eigenvalue weighted by Crippen LogP contribution is 2.27. The smallest absolute Gasteiger partial charge is 0.321 e. The van der Waals surface area contributed by atoms with Crippen molar-refractivity contribution < 1.29 is 19.1 Å². The Kier molecular flexibility index (Phi) is 7.35. The maximum atomic E-state index is 12.7. The van der Waals surface area contributed by atoms with Gasteiger partial charge in [-0.05, 0) is 43.2 Å². The first-order chi connectivity index (χ1) is 16.8. The zero-order valence-electron chi connectivity index (χ0n) is 19.6. The van der Waals surface area contributed by atoms with Crippen LogP contribution < -0.4 is 20.7 Å². The molecule has 4 amide bonds. The van der Waals surface area contributed by atoms with Gasteiger partial charge in [-0.3, -0.25) is 19.5 Å². The van der Waals surface area contributed by atoms with Gasteiger partial charge in [0, 0.05) is 18.9 Å². The molecule has 1 unspecified atom stereocenters. The standard InChI is InChI=1S/C24H26N6O4S/c1-14-8-9-15(2)18(10-14)30-20(11-16-12-21(31)27-23(33)25-16)28-29-24(30)35-13-22(32)26-17-6-4-5-7-19(17)34-3/h4-10,16H,11-13H2,1-3H3,(H,26,32)(H2,25,27,31,33). The van der Waals surface area contributed by atoms with Crippen molar-refractivity contribution >= 4 is 35.3 Å². The number of aryl methyl sites for hydroxylation is 2. The number of aromatic nitrogens is 3. The molecule has 1 saturated heterocycles. The van der Waals surface area contributed by atoms with Crippen LogP contribution in [0, 0.1) is 13.8 Å². The number of nitrogens with zero attached hydrogens (tertiary/aromatic N) is 3. The number of ether oxygens (including phenoxy) is 1. The molecule has 0 radical (unpaired) electrons. The van der Waals surface area contributed by atoms with E-state index in [0.717, 1.165) is 16.8 Å². The van der Waals surface area contributed by atoms with Crippen molar-refractivity contribution in [2.45, 2.75) is 37.9 Å². The Balaban J connectivity index is 1.58. The van der Waals surface area contributed by atoms with Crippen molar-refractivity contribution in [3.05, 3.63) is 59.4 Å². The fourth-order valence-corrected chi connectivity index (χ4v) is 4.57. The van der Waals surface area contributed by atoms with Crippen LogP contribution in [0.1, 0.15) is 23.4 Å². The number of urea groups is 1. The van der Waals surface area contributed by atoms with E-state index in [1.165, 1.54) is 11.8 Å². The minimum atomic E-state index is -0.522. The highest BCUT2D eigenvalue weighted by molar-refractivity contribution is 7.99. The number of amides is 4. The number of nitrogens with one attached hydrogen (secondary N) is 3. The lowest BCUT2D eigenvalue weighted by Crippen LogP contribution is -2.53. The SMILES string of the molecule is COc1ccccc1NC(=O)CSc1nnc(CC2CC(=O)NC(=O)N2)n1-c1cc(C)ccc1C. The van der Waals surface area contributed by atoms with E-state index < -0.39 is 12.1 Å². The number of hydrogen-bond acceptors (Lipinski definition) is 7. The van der Waals surface area contributed by atoms with Gasteiger partial charge in [0.2, 0.25) is 11.8 Å². The van der Waals surface area contributed by atoms with Crippen molar-refractivity contribution in [1.82, 2.24) is 25.4 Å². The molecule has 1 aliphatic rings. The van der Waals surface area contributed by atoms with Crippen molar-refractivity contribution in [3.8, 4) is 11.4 Å². The minimum Gasteiger partial charge on any atom is -0.495 e. The Morgan fingerprint density at radius 1 is 1.20 bits per heavy atom. The Morgan fingerprint density at radius 2 is 2.00 bits per heavy atom. The van der Waals surface area contributed by atoms with Crippen molar-refractivity contribution in [2.75, 3.05) is 18.2 Å². The molecule has 11 heteroatoms. The summed E-state index contributed by atoms with van der Waals surface area (Å²) in [6.07, 6.45) is 0.461. The van der Waals surface area contributed by atoms with E-state index in [1.54, 1.807) is 19.2 Å². The summed E-state index contributed by atoms with van der Waals surface area (Å²) in [7, 11) is 1.55. The Hall–Kier alpha value is -3.86. The number of para-hydroxylation sites is 2. The van der Waals surface area contributed by atoms with Gasteiger partial charge in [0.25, 0.3) is 0 Å². The topological polar surface area (TPSA) is 127 Å². The number of methoxy groups -OCH3 is 1. The number of carbonyl (C=O) groups excluding carboxylic acids is 3. The van der Waals surface area contributed by atoms with Gasteiger partial charge in [0.15, 0.2) is 5.16 Å². The zero-order chi connectivity index (χ0) is 24.9. The molecule has 3 N–H and O–H groups in total. The molecule has 2 aromatic carbocycles. The lowest BCUT2D eigenvalue weighted by molar-refractivity contribution is -0.121. The van der Waals surface area contributed by atoms with Crippen LogP contribution in [0.15, 0.2) is 47.6 Å². The van der Waals surface area contributed by atoms with Gasteiger partial charge in [-0.1, -0.05) is 36.0 Å². The van der Waals surface area contributed by atoms with E-state index in [0.29, 0.717) is 28.8 Å². The molecule has 35 heavy (non-hydrogen) atoms. The molecule has 0 bridgehead atoms. The molecule has 0 spiro atoms. The first kappa shape index (κ1) is 24.3. The average Bonchev–Trinajstić information content (AvgIpc) is 3.21. The van der Waals surface area contributed by atoms with Crippen LogP contribution in [0.5, 0.6) is 5.75 Å². The van der Waals surface area contributed by atoms with Gasteiger partial charge in [-0.15, -0.1) is 10.2 Å². The second kappa shape index (κ2) is 10.6. The summed E-state index contributed by atoms with van der Waals surface area (Å²) in [6.45, 7) is 3.98. The Bertz CT molecular complexity index is 1260. The lowest BCUT2D eigenvalue weighted by atomic mass is 10.1. The highest BCUT2D eigenvalue weighted by Gasteiger charge is 2.27. The number of rotatable bonds is 8. The number of imide groups is 1. The normalized spacial score (nSPS) is 15.3. The van der Waals surface area contributed by atoms with Crippen LogP contribution in [0.2, 0.25) is 0 Å². The van der Waals surface area contributed by atoms with Crippen LogP contribution >= 0.6 is 11.8 Å². The number of hydrogen-bond donors (Lipinski definition) is 3. The molecule has 1 fully saturated rings.